The van der Waals surface area contributed by atoms with Gasteiger partial charge >= 0.3 is 0 Å². The number of anilines is 1. The molecule has 0 aromatic heterocycles. The Labute approximate surface area is 146 Å². The molecular formula is C20H29N3O. The summed E-state index contributed by atoms with van der Waals surface area (Å²) >= 11 is 0. The van der Waals surface area contributed by atoms with Crippen molar-refractivity contribution in [2.45, 2.75) is 39.2 Å². The molecule has 1 atom stereocenters. The maximum Gasteiger partial charge on any atom is 0.237 e. The maximum absolute atomic E-state index is 12.5. The Morgan fingerprint density at radius 2 is 2.29 bits per heavy atom. The summed E-state index contributed by atoms with van der Waals surface area (Å²) in [5.41, 5.74) is 2.46. The lowest BCUT2D eigenvalue weighted by molar-refractivity contribution is -0.127. The van der Waals surface area contributed by atoms with E-state index >= 15 is 0 Å². The predicted molar refractivity (Wildman–Crippen MR) is 100 cm³/mol. The molecule has 0 saturated carbocycles. The Balaban J connectivity index is 1.85. The zero-order valence-corrected chi connectivity index (χ0v) is 14.9. The van der Waals surface area contributed by atoms with Gasteiger partial charge in [0.25, 0.3) is 0 Å². The van der Waals surface area contributed by atoms with Gasteiger partial charge in [-0.1, -0.05) is 24.5 Å². The van der Waals surface area contributed by atoms with Crippen molar-refractivity contribution >= 4 is 11.6 Å². The van der Waals surface area contributed by atoms with E-state index in [1.165, 1.54) is 11.3 Å². The maximum atomic E-state index is 12.5. The van der Waals surface area contributed by atoms with Gasteiger partial charge in [-0.15, -0.1) is 6.42 Å². The van der Waals surface area contributed by atoms with Gasteiger partial charge < -0.3 is 10.2 Å². The number of hydrogen-bond acceptors (Lipinski definition) is 3. The van der Waals surface area contributed by atoms with E-state index in [0.717, 1.165) is 38.9 Å². The topological polar surface area (TPSA) is 35.6 Å². The molecule has 1 fully saturated rings. The second-order valence-corrected chi connectivity index (χ2v) is 6.40. The summed E-state index contributed by atoms with van der Waals surface area (Å²) in [5.74, 6) is 2.79. The minimum atomic E-state index is -0.0659. The molecule has 1 unspecified atom stereocenters. The summed E-state index contributed by atoms with van der Waals surface area (Å²) in [7, 11) is 0. The van der Waals surface area contributed by atoms with Crippen molar-refractivity contribution in [1.82, 2.24) is 10.2 Å². The molecule has 1 aliphatic heterocycles. The van der Waals surface area contributed by atoms with Crippen LogP contribution in [0.25, 0.3) is 0 Å². The first kappa shape index (κ1) is 18.4. The standard InChI is InChI=1S/C20H29N3O/c1-4-13-23-14-7-6-11-19(23)20(24)21-12-15-22(5-2)18-10-8-9-17(3)16-18/h1,8-10,16,19H,5-7,11-15H2,2-3H3,(H,21,24). The number of nitrogens with one attached hydrogen (secondary N) is 1. The van der Waals surface area contributed by atoms with E-state index in [9.17, 15) is 4.79 Å². The average molecular weight is 327 g/mol. The molecule has 0 radical (unpaired) electrons. The van der Waals surface area contributed by atoms with E-state index in [1.807, 2.05) is 0 Å². The molecule has 24 heavy (non-hydrogen) atoms. The van der Waals surface area contributed by atoms with Crippen molar-refractivity contribution in [2.75, 3.05) is 37.6 Å². The molecule has 4 heteroatoms. The monoisotopic (exact) mass is 327 g/mol. The second-order valence-electron chi connectivity index (χ2n) is 6.40. The van der Waals surface area contributed by atoms with Crippen LogP contribution in [0.3, 0.4) is 0 Å². The molecule has 1 amide bonds. The number of piperidine rings is 1. The van der Waals surface area contributed by atoms with Crippen LogP contribution in [0.15, 0.2) is 24.3 Å². The highest BCUT2D eigenvalue weighted by Gasteiger charge is 2.27. The fourth-order valence-corrected chi connectivity index (χ4v) is 3.32. The zero-order chi connectivity index (χ0) is 17.4. The fraction of sp³-hybridized carbons (Fsp3) is 0.550. The molecule has 2 rings (SSSR count). The number of carbonyl (C=O) groups is 1. The van der Waals surface area contributed by atoms with Crippen molar-refractivity contribution in [1.29, 1.82) is 0 Å². The largest absolute Gasteiger partial charge is 0.370 e. The highest BCUT2D eigenvalue weighted by Crippen LogP contribution is 2.17. The Hall–Kier alpha value is -1.99. The molecule has 0 bridgehead atoms. The highest BCUT2D eigenvalue weighted by molar-refractivity contribution is 5.81. The average Bonchev–Trinajstić information content (AvgIpc) is 2.59. The van der Waals surface area contributed by atoms with Crippen LogP contribution >= 0.6 is 0 Å². The Morgan fingerprint density at radius 1 is 1.46 bits per heavy atom. The van der Waals surface area contributed by atoms with E-state index in [1.54, 1.807) is 0 Å². The number of carbonyl (C=O) groups excluding carboxylic acids is 1. The van der Waals surface area contributed by atoms with Gasteiger partial charge in [0.05, 0.1) is 12.6 Å². The number of benzene rings is 1. The lowest BCUT2D eigenvalue weighted by Gasteiger charge is -2.33. The van der Waals surface area contributed by atoms with E-state index in [0.29, 0.717) is 13.1 Å². The molecule has 1 heterocycles. The third-order valence-electron chi connectivity index (χ3n) is 4.64. The van der Waals surface area contributed by atoms with Crippen LogP contribution in [0.2, 0.25) is 0 Å². The van der Waals surface area contributed by atoms with Gasteiger partial charge in [0.2, 0.25) is 5.91 Å². The SMILES string of the molecule is C#CCN1CCCCC1C(=O)NCCN(CC)c1cccc(C)c1. The van der Waals surface area contributed by atoms with Crippen LogP contribution < -0.4 is 10.2 Å². The number of likely N-dealkylation sites (tertiary alicyclic amines) is 1. The molecule has 130 valence electrons. The summed E-state index contributed by atoms with van der Waals surface area (Å²) in [4.78, 5) is 16.9. The van der Waals surface area contributed by atoms with Gasteiger partial charge in [0, 0.05) is 25.3 Å². The van der Waals surface area contributed by atoms with Gasteiger partial charge in [-0.25, -0.2) is 0 Å². The summed E-state index contributed by atoms with van der Waals surface area (Å²) in [5, 5.41) is 3.10. The number of terminal acetylenes is 1. The third kappa shape index (κ3) is 5.01. The Morgan fingerprint density at radius 3 is 3.00 bits per heavy atom. The van der Waals surface area contributed by atoms with E-state index in [-0.39, 0.29) is 11.9 Å². The van der Waals surface area contributed by atoms with E-state index < -0.39 is 0 Å². The van der Waals surface area contributed by atoms with Gasteiger partial charge in [0.1, 0.15) is 0 Å². The van der Waals surface area contributed by atoms with Crippen molar-refractivity contribution < 1.29 is 4.79 Å². The van der Waals surface area contributed by atoms with Crippen LogP contribution in [0.4, 0.5) is 5.69 Å². The van der Waals surface area contributed by atoms with Crippen molar-refractivity contribution in [3.8, 4) is 12.3 Å². The molecule has 1 aliphatic rings. The number of likely N-dealkylation sites (N-methyl/N-ethyl adjacent to an activating group) is 1. The van der Waals surface area contributed by atoms with E-state index in [4.69, 9.17) is 6.42 Å². The van der Waals surface area contributed by atoms with Crippen molar-refractivity contribution in [2.24, 2.45) is 0 Å². The van der Waals surface area contributed by atoms with Gasteiger partial charge in [-0.2, -0.15) is 0 Å². The lowest BCUT2D eigenvalue weighted by atomic mass is 10.0. The first-order chi connectivity index (χ1) is 11.7. The van der Waals surface area contributed by atoms with E-state index in [2.05, 4.69) is 59.1 Å². The predicted octanol–water partition coefficient (Wildman–Crippen LogP) is 2.43. The van der Waals surface area contributed by atoms with Crippen molar-refractivity contribution in [3.05, 3.63) is 29.8 Å². The summed E-state index contributed by atoms with van der Waals surface area (Å²) < 4.78 is 0. The van der Waals surface area contributed by atoms with Crippen LogP contribution in [-0.2, 0) is 4.79 Å². The molecule has 1 N–H and O–H groups in total. The minimum absolute atomic E-state index is 0.0659. The van der Waals surface area contributed by atoms with Crippen LogP contribution in [0, 0.1) is 19.3 Å². The summed E-state index contributed by atoms with van der Waals surface area (Å²) in [6, 6.07) is 8.41. The summed E-state index contributed by atoms with van der Waals surface area (Å²) in [6.07, 6.45) is 8.56. The Bertz CT molecular complexity index is 578. The summed E-state index contributed by atoms with van der Waals surface area (Å²) in [6.45, 7) is 8.11. The fourth-order valence-electron chi connectivity index (χ4n) is 3.32. The first-order valence-electron chi connectivity index (χ1n) is 8.92. The zero-order valence-electron chi connectivity index (χ0n) is 14.9. The number of nitrogens with zero attached hydrogens (tertiary/aromatic N) is 2. The Kier molecular flexibility index (Phi) is 7.14. The molecule has 0 spiro atoms. The normalized spacial score (nSPS) is 18.0. The second kappa shape index (κ2) is 9.34. The number of amides is 1. The number of hydrogen-bond donors (Lipinski definition) is 1. The molecule has 1 aromatic rings. The van der Waals surface area contributed by atoms with Gasteiger partial charge in [0.15, 0.2) is 0 Å². The number of aryl methyl sites for hydroxylation is 1. The molecule has 1 saturated heterocycles. The minimum Gasteiger partial charge on any atom is -0.370 e. The molecular weight excluding hydrogens is 298 g/mol. The quantitative estimate of drug-likeness (QED) is 0.781. The first-order valence-corrected chi connectivity index (χ1v) is 8.92. The van der Waals surface area contributed by atoms with Crippen LogP contribution in [-0.4, -0.2) is 49.6 Å². The number of rotatable bonds is 7. The highest BCUT2D eigenvalue weighted by atomic mass is 16.2. The lowest BCUT2D eigenvalue weighted by Crippen LogP contribution is -2.50. The molecule has 1 aromatic carbocycles. The van der Waals surface area contributed by atoms with Gasteiger partial charge in [-0.05, 0) is 50.9 Å². The van der Waals surface area contributed by atoms with Gasteiger partial charge in [-0.3, -0.25) is 9.69 Å². The molecule has 4 nitrogen and oxygen atoms in total. The third-order valence-corrected chi connectivity index (χ3v) is 4.64. The smallest absolute Gasteiger partial charge is 0.237 e. The van der Waals surface area contributed by atoms with Crippen molar-refractivity contribution in [3.63, 3.8) is 0 Å². The molecule has 0 aliphatic carbocycles. The van der Waals surface area contributed by atoms with Crippen LogP contribution in [0.5, 0.6) is 0 Å². The van der Waals surface area contributed by atoms with Crippen LogP contribution in [0.1, 0.15) is 31.7 Å².